The Labute approximate surface area is 95.2 Å². The van der Waals surface area contributed by atoms with Gasteiger partial charge in [-0.2, -0.15) is 5.10 Å². The topological polar surface area (TPSA) is 61.0 Å². The van der Waals surface area contributed by atoms with Crippen molar-refractivity contribution in [3.05, 3.63) is 11.8 Å². The van der Waals surface area contributed by atoms with Crippen molar-refractivity contribution in [2.45, 2.75) is 26.7 Å². The molecular formula is C11H18N4O. The molecule has 16 heavy (non-hydrogen) atoms. The van der Waals surface area contributed by atoms with Crippen LogP contribution in [-0.4, -0.2) is 34.2 Å². The molecule has 0 radical (unpaired) electrons. The van der Waals surface area contributed by atoms with E-state index in [-0.39, 0.29) is 6.03 Å². The average molecular weight is 222 g/mol. The smallest absolute Gasteiger partial charge is 0.323 e. The molecule has 88 valence electrons. The maximum Gasteiger partial charge on any atom is 0.323 e. The molecule has 2 amide bonds. The van der Waals surface area contributed by atoms with E-state index in [0.717, 1.165) is 25.1 Å². The number of nitrogens with one attached hydrogen (secondary N) is 2. The monoisotopic (exact) mass is 222 g/mol. The molecule has 0 aromatic carbocycles. The van der Waals surface area contributed by atoms with E-state index in [0.29, 0.717) is 11.7 Å². The molecule has 2 heterocycles. The van der Waals surface area contributed by atoms with Gasteiger partial charge in [-0.15, -0.1) is 0 Å². The Morgan fingerprint density at radius 3 is 3.12 bits per heavy atom. The van der Waals surface area contributed by atoms with Gasteiger partial charge in [0, 0.05) is 18.7 Å². The quantitative estimate of drug-likeness (QED) is 0.763. The van der Waals surface area contributed by atoms with Crippen molar-refractivity contribution in [1.29, 1.82) is 0 Å². The second kappa shape index (κ2) is 4.55. The van der Waals surface area contributed by atoms with Crippen LogP contribution >= 0.6 is 0 Å². The molecule has 1 atom stereocenters. The number of likely N-dealkylation sites (tertiary alicyclic amines) is 1. The number of rotatable bonds is 1. The van der Waals surface area contributed by atoms with Crippen molar-refractivity contribution in [2.24, 2.45) is 5.92 Å². The molecule has 0 saturated carbocycles. The van der Waals surface area contributed by atoms with Crippen molar-refractivity contribution < 1.29 is 4.79 Å². The number of piperidine rings is 1. The molecule has 5 nitrogen and oxygen atoms in total. The zero-order valence-electron chi connectivity index (χ0n) is 9.79. The molecule has 1 aliphatic rings. The number of urea groups is 1. The van der Waals surface area contributed by atoms with Gasteiger partial charge in [0.25, 0.3) is 0 Å². The van der Waals surface area contributed by atoms with Gasteiger partial charge in [-0.1, -0.05) is 6.92 Å². The minimum absolute atomic E-state index is 0.0288. The van der Waals surface area contributed by atoms with Gasteiger partial charge in [-0.05, 0) is 25.7 Å². The van der Waals surface area contributed by atoms with E-state index >= 15 is 0 Å². The lowest BCUT2D eigenvalue weighted by molar-refractivity contribution is 0.182. The third kappa shape index (κ3) is 2.35. The van der Waals surface area contributed by atoms with E-state index in [9.17, 15) is 4.79 Å². The number of nitrogens with zero attached hydrogens (tertiary/aromatic N) is 2. The summed E-state index contributed by atoms with van der Waals surface area (Å²) in [7, 11) is 0. The van der Waals surface area contributed by atoms with Crippen LogP contribution in [0.1, 0.15) is 25.3 Å². The Balaban J connectivity index is 1.95. The number of H-pyrrole nitrogens is 1. The first-order valence-electron chi connectivity index (χ1n) is 5.72. The molecule has 1 aliphatic heterocycles. The number of amides is 2. The zero-order chi connectivity index (χ0) is 11.5. The van der Waals surface area contributed by atoms with E-state index in [2.05, 4.69) is 22.4 Å². The summed E-state index contributed by atoms with van der Waals surface area (Å²) in [5.74, 6) is 1.30. The molecular weight excluding hydrogens is 204 g/mol. The van der Waals surface area contributed by atoms with E-state index in [4.69, 9.17) is 0 Å². The number of aryl methyl sites for hydroxylation is 1. The zero-order valence-corrected chi connectivity index (χ0v) is 9.79. The fourth-order valence-corrected chi connectivity index (χ4v) is 2.03. The number of hydrogen-bond donors (Lipinski definition) is 2. The molecule has 1 fully saturated rings. The summed E-state index contributed by atoms with van der Waals surface area (Å²) in [5.41, 5.74) is 0.957. The summed E-state index contributed by atoms with van der Waals surface area (Å²) >= 11 is 0. The molecule has 1 aromatic rings. The number of aromatic nitrogens is 2. The first kappa shape index (κ1) is 11.0. The first-order valence-corrected chi connectivity index (χ1v) is 5.72. The van der Waals surface area contributed by atoms with E-state index < -0.39 is 0 Å². The van der Waals surface area contributed by atoms with Crippen molar-refractivity contribution in [2.75, 3.05) is 18.4 Å². The van der Waals surface area contributed by atoms with Crippen molar-refractivity contribution in [3.8, 4) is 0 Å². The molecule has 0 spiro atoms. The summed E-state index contributed by atoms with van der Waals surface area (Å²) in [6.45, 7) is 5.79. The van der Waals surface area contributed by atoms with Gasteiger partial charge < -0.3 is 4.90 Å². The van der Waals surface area contributed by atoms with E-state index in [1.165, 1.54) is 6.42 Å². The number of hydrogen-bond acceptors (Lipinski definition) is 2. The number of carbonyl (C=O) groups excluding carboxylic acids is 1. The molecule has 0 bridgehead atoms. The first-order chi connectivity index (χ1) is 7.66. The van der Waals surface area contributed by atoms with Crippen LogP contribution in [0.25, 0.3) is 0 Å². The summed E-state index contributed by atoms with van der Waals surface area (Å²) < 4.78 is 0. The van der Waals surface area contributed by atoms with Crippen molar-refractivity contribution in [1.82, 2.24) is 15.1 Å². The molecule has 2 N–H and O–H groups in total. The molecule has 0 aliphatic carbocycles. The SMILES string of the molecule is Cc1cn[nH]c1NC(=O)N1CCCC(C)C1. The third-order valence-electron chi connectivity index (χ3n) is 3.01. The Bertz CT molecular complexity index is 374. The standard InChI is InChI=1S/C11H18N4O/c1-8-4-3-5-15(7-8)11(16)13-10-9(2)6-12-14-10/h6,8H,3-5,7H2,1-2H3,(H2,12,13,14,16). The van der Waals surface area contributed by atoms with Crippen LogP contribution < -0.4 is 5.32 Å². The van der Waals surface area contributed by atoms with Gasteiger partial charge in [-0.25, -0.2) is 4.79 Å². The predicted octanol–water partition coefficient (Wildman–Crippen LogP) is 1.98. The second-order valence-corrected chi connectivity index (χ2v) is 4.55. The number of aromatic amines is 1. The van der Waals surface area contributed by atoms with Crippen molar-refractivity contribution in [3.63, 3.8) is 0 Å². The predicted molar refractivity (Wildman–Crippen MR) is 62.3 cm³/mol. The summed E-state index contributed by atoms with van der Waals surface area (Å²) in [6, 6.07) is -0.0288. The van der Waals surface area contributed by atoms with Gasteiger partial charge in [0.05, 0.1) is 6.20 Å². The molecule has 5 heteroatoms. The normalized spacial score (nSPS) is 20.9. The highest BCUT2D eigenvalue weighted by Gasteiger charge is 2.21. The minimum Gasteiger partial charge on any atom is -0.324 e. The van der Waals surface area contributed by atoms with Crippen LogP contribution in [0.15, 0.2) is 6.20 Å². The maximum absolute atomic E-state index is 11.9. The van der Waals surface area contributed by atoms with Gasteiger partial charge in [0.15, 0.2) is 0 Å². The highest BCUT2D eigenvalue weighted by Crippen LogP contribution is 2.17. The van der Waals surface area contributed by atoms with Gasteiger partial charge in [-0.3, -0.25) is 10.4 Å². The van der Waals surface area contributed by atoms with Crippen LogP contribution in [0.5, 0.6) is 0 Å². The average Bonchev–Trinajstić information content (AvgIpc) is 2.64. The number of anilines is 1. The molecule has 1 aromatic heterocycles. The highest BCUT2D eigenvalue weighted by atomic mass is 16.2. The van der Waals surface area contributed by atoms with Gasteiger partial charge in [0.1, 0.15) is 5.82 Å². The maximum atomic E-state index is 11.9. The largest absolute Gasteiger partial charge is 0.324 e. The fourth-order valence-electron chi connectivity index (χ4n) is 2.03. The van der Waals surface area contributed by atoms with E-state index in [1.807, 2.05) is 11.8 Å². The Morgan fingerprint density at radius 2 is 2.50 bits per heavy atom. The molecule has 1 unspecified atom stereocenters. The van der Waals surface area contributed by atoms with Crippen LogP contribution in [-0.2, 0) is 0 Å². The lowest BCUT2D eigenvalue weighted by Gasteiger charge is -2.30. The van der Waals surface area contributed by atoms with Crippen LogP contribution in [0, 0.1) is 12.8 Å². The second-order valence-electron chi connectivity index (χ2n) is 4.55. The van der Waals surface area contributed by atoms with Gasteiger partial charge in [0.2, 0.25) is 0 Å². The summed E-state index contributed by atoms with van der Waals surface area (Å²) in [4.78, 5) is 13.8. The van der Waals surface area contributed by atoms with Gasteiger partial charge >= 0.3 is 6.03 Å². The van der Waals surface area contributed by atoms with Crippen LogP contribution in [0.2, 0.25) is 0 Å². The summed E-state index contributed by atoms with van der Waals surface area (Å²) in [5, 5.41) is 9.50. The molecule has 2 rings (SSSR count). The lowest BCUT2D eigenvalue weighted by atomic mass is 10.0. The van der Waals surface area contributed by atoms with Crippen LogP contribution in [0.3, 0.4) is 0 Å². The minimum atomic E-state index is -0.0288. The Morgan fingerprint density at radius 1 is 1.69 bits per heavy atom. The van der Waals surface area contributed by atoms with Crippen molar-refractivity contribution >= 4 is 11.8 Å². The Kier molecular flexibility index (Phi) is 3.12. The Hall–Kier alpha value is -1.52. The number of carbonyl (C=O) groups is 1. The lowest BCUT2D eigenvalue weighted by Crippen LogP contribution is -2.41. The summed E-state index contributed by atoms with van der Waals surface area (Å²) in [6.07, 6.45) is 4.01. The van der Waals surface area contributed by atoms with E-state index in [1.54, 1.807) is 6.20 Å². The fraction of sp³-hybridized carbons (Fsp3) is 0.636. The molecule has 1 saturated heterocycles. The third-order valence-corrected chi connectivity index (χ3v) is 3.01. The van der Waals surface area contributed by atoms with Crippen LogP contribution in [0.4, 0.5) is 10.6 Å². The highest BCUT2D eigenvalue weighted by molar-refractivity contribution is 5.89.